The van der Waals surface area contributed by atoms with E-state index in [4.69, 9.17) is 0 Å². The van der Waals surface area contributed by atoms with Crippen molar-refractivity contribution in [2.24, 2.45) is 5.10 Å². The van der Waals surface area contributed by atoms with Crippen LogP contribution in [0.1, 0.15) is 5.56 Å². The van der Waals surface area contributed by atoms with Crippen molar-refractivity contribution >= 4 is 29.0 Å². The molecule has 3 rings (SSSR count). The van der Waals surface area contributed by atoms with Gasteiger partial charge >= 0.3 is 0 Å². The Morgan fingerprint density at radius 1 is 0.923 bits per heavy atom. The first-order valence-corrected chi connectivity index (χ1v) is 8.06. The monoisotopic (exact) mass is 346 g/mol. The zero-order chi connectivity index (χ0) is 18.4. The Hall–Kier alpha value is -3.67. The lowest BCUT2D eigenvalue weighted by Crippen LogP contribution is -2.08. The van der Waals surface area contributed by atoms with Crippen molar-refractivity contribution in [1.82, 2.24) is 0 Å². The summed E-state index contributed by atoms with van der Waals surface area (Å²) in [5.74, 6) is 0. The maximum absolute atomic E-state index is 10.6. The minimum atomic E-state index is -0.429. The summed E-state index contributed by atoms with van der Waals surface area (Å²) in [5.41, 5.74) is 6.75. The van der Waals surface area contributed by atoms with Crippen LogP contribution in [0.3, 0.4) is 0 Å². The molecule has 0 spiro atoms. The molecular weight excluding hydrogens is 328 g/mol. The van der Waals surface area contributed by atoms with E-state index >= 15 is 0 Å². The number of hydrogen-bond donors (Lipinski definition) is 1. The van der Waals surface area contributed by atoms with Crippen molar-refractivity contribution in [3.05, 3.63) is 94.5 Å². The first-order valence-electron chi connectivity index (χ1n) is 8.06. The number of nitrogens with zero attached hydrogens (tertiary/aromatic N) is 3. The van der Waals surface area contributed by atoms with Gasteiger partial charge in [0.15, 0.2) is 0 Å². The first-order chi connectivity index (χ1) is 12.6. The van der Waals surface area contributed by atoms with Gasteiger partial charge in [-0.25, -0.2) is 0 Å². The zero-order valence-electron chi connectivity index (χ0n) is 14.2. The van der Waals surface area contributed by atoms with Gasteiger partial charge in [0.25, 0.3) is 5.69 Å². The standard InChI is InChI=1S/C20H18N4O2/c1-23(18-5-3-2-4-6-18)19-11-7-16(8-12-19)15-21-22-17-9-13-20(14-10-17)24(25)26/h2-15,22H,1H3. The third-order valence-corrected chi connectivity index (χ3v) is 3.91. The van der Waals surface area contributed by atoms with E-state index in [2.05, 4.69) is 27.6 Å². The van der Waals surface area contributed by atoms with Crippen LogP contribution in [0.15, 0.2) is 84.0 Å². The molecule has 0 aliphatic carbocycles. The van der Waals surface area contributed by atoms with Crippen LogP contribution in [-0.4, -0.2) is 18.2 Å². The van der Waals surface area contributed by atoms with Crippen LogP contribution in [0, 0.1) is 10.1 Å². The van der Waals surface area contributed by atoms with Gasteiger partial charge in [-0.15, -0.1) is 0 Å². The molecule has 6 nitrogen and oxygen atoms in total. The van der Waals surface area contributed by atoms with Crippen molar-refractivity contribution in [1.29, 1.82) is 0 Å². The summed E-state index contributed by atoms with van der Waals surface area (Å²) in [5, 5.41) is 14.8. The average Bonchev–Trinajstić information content (AvgIpc) is 2.69. The summed E-state index contributed by atoms with van der Waals surface area (Å²) in [6, 6.07) is 24.3. The number of hydrazone groups is 1. The molecule has 0 fully saturated rings. The molecule has 3 aromatic rings. The fourth-order valence-electron chi connectivity index (χ4n) is 2.42. The lowest BCUT2D eigenvalue weighted by atomic mass is 10.2. The molecule has 1 N–H and O–H groups in total. The van der Waals surface area contributed by atoms with Gasteiger partial charge in [0.05, 0.1) is 16.8 Å². The second-order valence-corrected chi connectivity index (χ2v) is 5.66. The summed E-state index contributed by atoms with van der Waals surface area (Å²) in [4.78, 5) is 12.3. The van der Waals surface area contributed by atoms with Crippen LogP contribution in [0.2, 0.25) is 0 Å². The van der Waals surface area contributed by atoms with Crippen molar-refractivity contribution in [2.45, 2.75) is 0 Å². The van der Waals surface area contributed by atoms with E-state index in [1.54, 1.807) is 18.3 Å². The van der Waals surface area contributed by atoms with E-state index in [0.717, 1.165) is 16.9 Å². The SMILES string of the molecule is CN(c1ccccc1)c1ccc(C=NNc2ccc([N+](=O)[O-])cc2)cc1. The van der Waals surface area contributed by atoms with Gasteiger partial charge in [-0.2, -0.15) is 5.10 Å². The molecule has 0 aromatic heterocycles. The Morgan fingerprint density at radius 3 is 2.15 bits per heavy atom. The fourth-order valence-corrected chi connectivity index (χ4v) is 2.42. The number of anilines is 3. The van der Waals surface area contributed by atoms with E-state index in [9.17, 15) is 10.1 Å². The smallest absolute Gasteiger partial charge is 0.269 e. The van der Waals surface area contributed by atoms with Crippen LogP contribution in [0.4, 0.5) is 22.7 Å². The molecule has 3 aromatic carbocycles. The molecular formula is C20H18N4O2. The van der Waals surface area contributed by atoms with Crippen LogP contribution in [-0.2, 0) is 0 Å². The number of nitrogens with one attached hydrogen (secondary N) is 1. The predicted octanol–water partition coefficient (Wildman–Crippen LogP) is 4.81. The van der Waals surface area contributed by atoms with Crippen molar-refractivity contribution in [2.75, 3.05) is 17.4 Å². The molecule has 0 saturated carbocycles. The third-order valence-electron chi connectivity index (χ3n) is 3.91. The highest BCUT2D eigenvalue weighted by molar-refractivity contribution is 5.81. The quantitative estimate of drug-likeness (QED) is 0.395. The molecule has 0 bridgehead atoms. The summed E-state index contributed by atoms with van der Waals surface area (Å²) < 4.78 is 0. The van der Waals surface area contributed by atoms with Gasteiger partial charge in [0.2, 0.25) is 0 Å². The molecule has 0 radical (unpaired) electrons. The molecule has 0 aliphatic heterocycles. The highest BCUT2D eigenvalue weighted by Crippen LogP contribution is 2.23. The Balaban J connectivity index is 1.62. The fraction of sp³-hybridized carbons (Fsp3) is 0.0500. The molecule has 0 saturated heterocycles. The van der Waals surface area contributed by atoms with E-state index in [1.807, 2.05) is 49.5 Å². The summed E-state index contributed by atoms with van der Waals surface area (Å²) in [6.45, 7) is 0. The minimum Gasteiger partial charge on any atom is -0.345 e. The lowest BCUT2D eigenvalue weighted by molar-refractivity contribution is -0.384. The topological polar surface area (TPSA) is 70.8 Å². The molecule has 0 heterocycles. The number of nitro groups is 1. The molecule has 0 amide bonds. The Morgan fingerprint density at radius 2 is 1.54 bits per heavy atom. The molecule has 130 valence electrons. The van der Waals surface area contributed by atoms with E-state index < -0.39 is 4.92 Å². The highest BCUT2D eigenvalue weighted by atomic mass is 16.6. The van der Waals surface area contributed by atoms with Crippen molar-refractivity contribution in [3.8, 4) is 0 Å². The van der Waals surface area contributed by atoms with Crippen LogP contribution in [0.5, 0.6) is 0 Å². The van der Waals surface area contributed by atoms with Crippen molar-refractivity contribution in [3.63, 3.8) is 0 Å². The first kappa shape index (κ1) is 17.2. The van der Waals surface area contributed by atoms with Crippen LogP contribution < -0.4 is 10.3 Å². The highest BCUT2D eigenvalue weighted by Gasteiger charge is 2.04. The number of para-hydroxylation sites is 1. The maximum atomic E-state index is 10.6. The normalized spacial score (nSPS) is 10.7. The largest absolute Gasteiger partial charge is 0.345 e. The number of non-ortho nitro benzene ring substituents is 1. The zero-order valence-corrected chi connectivity index (χ0v) is 14.2. The molecule has 0 unspecified atom stereocenters. The number of nitro benzene ring substituents is 1. The van der Waals surface area contributed by atoms with Crippen LogP contribution in [0.25, 0.3) is 0 Å². The maximum Gasteiger partial charge on any atom is 0.269 e. The van der Waals surface area contributed by atoms with Gasteiger partial charge in [-0.1, -0.05) is 30.3 Å². The Bertz CT molecular complexity index is 891. The summed E-state index contributed by atoms with van der Waals surface area (Å²) in [6.07, 6.45) is 1.70. The molecule has 26 heavy (non-hydrogen) atoms. The molecule has 6 heteroatoms. The summed E-state index contributed by atoms with van der Waals surface area (Å²) >= 11 is 0. The lowest BCUT2D eigenvalue weighted by Gasteiger charge is -2.19. The predicted molar refractivity (Wildman–Crippen MR) is 105 cm³/mol. The van der Waals surface area contributed by atoms with Gasteiger partial charge < -0.3 is 4.90 Å². The third kappa shape index (κ3) is 4.24. The average molecular weight is 346 g/mol. The Kier molecular flexibility index (Phi) is 5.24. The second kappa shape index (κ2) is 7.94. The van der Waals surface area contributed by atoms with Gasteiger partial charge in [0.1, 0.15) is 0 Å². The van der Waals surface area contributed by atoms with Crippen molar-refractivity contribution < 1.29 is 4.92 Å². The number of rotatable bonds is 6. The molecule has 0 aliphatic rings. The van der Waals surface area contributed by atoms with E-state index in [0.29, 0.717) is 5.69 Å². The van der Waals surface area contributed by atoms with E-state index in [1.165, 1.54) is 12.1 Å². The number of benzene rings is 3. The van der Waals surface area contributed by atoms with Gasteiger partial charge in [0, 0.05) is 30.6 Å². The van der Waals surface area contributed by atoms with Gasteiger partial charge in [-0.05, 0) is 42.0 Å². The number of hydrogen-bond acceptors (Lipinski definition) is 5. The van der Waals surface area contributed by atoms with E-state index in [-0.39, 0.29) is 5.69 Å². The van der Waals surface area contributed by atoms with Gasteiger partial charge in [-0.3, -0.25) is 15.5 Å². The summed E-state index contributed by atoms with van der Waals surface area (Å²) in [7, 11) is 2.02. The molecule has 0 atom stereocenters. The minimum absolute atomic E-state index is 0.0534. The Labute approximate surface area is 151 Å². The second-order valence-electron chi connectivity index (χ2n) is 5.66. The van der Waals surface area contributed by atoms with Crippen LogP contribution >= 0.6 is 0 Å².